The average molecular weight is 764 g/mol. The van der Waals surface area contributed by atoms with Gasteiger partial charge in [0.05, 0.1) is 39.4 Å². The van der Waals surface area contributed by atoms with Gasteiger partial charge in [0, 0.05) is 61.5 Å². The summed E-state index contributed by atoms with van der Waals surface area (Å²) in [6.45, 7) is 0. The minimum Gasteiger partial charge on any atom is -0.308 e. The van der Waals surface area contributed by atoms with E-state index in [2.05, 4.69) is 155 Å². The van der Waals surface area contributed by atoms with Crippen LogP contribution in [0.2, 0.25) is 0 Å². The minimum atomic E-state index is -0.342. The van der Waals surface area contributed by atoms with E-state index in [1.165, 1.54) is 33.4 Å². The predicted octanol–water partition coefficient (Wildman–Crippen LogP) is 11.1. The molecule has 0 aliphatic heterocycles. The predicted molar refractivity (Wildman–Crippen MR) is 233 cm³/mol. The van der Waals surface area contributed by atoms with Gasteiger partial charge in [-0.25, -0.2) is 4.98 Å². The van der Waals surface area contributed by atoms with Crippen molar-refractivity contribution in [1.29, 1.82) is 0 Å². The first-order valence-electron chi connectivity index (χ1n) is 21.2. The Morgan fingerprint density at radius 1 is 0.450 bits per heavy atom. The van der Waals surface area contributed by atoms with Gasteiger partial charge in [-0.05, 0) is 98.1 Å². The second-order valence-electron chi connectivity index (χ2n) is 18.4. The van der Waals surface area contributed by atoms with E-state index in [4.69, 9.17) is 4.98 Å². The fraction of sp³-hybridized carbons (Fsp3) is 0.109. The Morgan fingerprint density at radius 2 is 0.933 bits per heavy atom. The van der Waals surface area contributed by atoms with Gasteiger partial charge >= 0.3 is 0 Å². The van der Waals surface area contributed by atoms with Crippen LogP contribution in [0.5, 0.6) is 0 Å². The first-order chi connectivity index (χ1) is 29.6. The van der Waals surface area contributed by atoms with Gasteiger partial charge in [-0.2, -0.15) is 0 Å². The molecular weight excluding hydrogens is 735 g/mol. The van der Waals surface area contributed by atoms with Crippen LogP contribution in [-0.4, -0.2) is 25.4 Å². The molecule has 0 fully saturated rings. The summed E-state index contributed by atoms with van der Waals surface area (Å²) in [6, 6.07) is 52.4. The Bertz CT molecular complexity index is 4000. The molecule has 276 valence electrons. The molecule has 6 aliphatic rings. The lowest BCUT2D eigenvalue weighted by Gasteiger charge is -2.64. The fourth-order valence-corrected chi connectivity index (χ4v) is 14.6. The summed E-state index contributed by atoms with van der Waals surface area (Å²) in [5, 5.41) is 4.48. The monoisotopic (exact) mass is 763 g/mol. The molecule has 6 unspecified atom stereocenters. The number of benzene rings is 7. The van der Waals surface area contributed by atoms with Gasteiger partial charge in [-0.15, -0.1) is 0 Å². The average Bonchev–Trinajstić information content (AvgIpc) is 3.90. The molecular formula is C55H29N3O2. The van der Waals surface area contributed by atoms with Crippen LogP contribution in [0.25, 0.3) is 54.8 Å². The van der Waals surface area contributed by atoms with Crippen LogP contribution in [0.15, 0.2) is 152 Å². The quantitative estimate of drug-likeness (QED) is 0.155. The van der Waals surface area contributed by atoms with Crippen molar-refractivity contribution in [2.24, 2.45) is 0 Å². The largest absolute Gasteiger partial charge is 0.308 e. The number of aromatic nitrogens is 3. The lowest BCUT2D eigenvalue weighted by molar-refractivity contribution is 0.0839. The van der Waals surface area contributed by atoms with Crippen molar-refractivity contribution in [3.05, 3.63) is 219 Å². The van der Waals surface area contributed by atoms with Crippen molar-refractivity contribution < 1.29 is 9.59 Å². The molecule has 0 bridgehead atoms. The maximum Gasteiger partial charge on any atom is 0.171 e. The van der Waals surface area contributed by atoms with E-state index in [1.807, 2.05) is 6.07 Å². The van der Waals surface area contributed by atoms with Crippen molar-refractivity contribution >= 4 is 66.3 Å². The maximum atomic E-state index is 15.2. The van der Waals surface area contributed by atoms with Gasteiger partial charge in [0.1, 0.15) is 5.65 Å². The van der Waals surface area contributed by atoms with Gasteiger partial charge in [-0.1, -0.05) is 103 Å². The van der Waals surface area contributed by atoms with Gasteiger partial charge in [0.25, 0.3) is 0 Å². The van der Waals surface area contributed by atoms with Crippen molar-refractivity contribution in [3.63, 3.8) is 0 Å². The van der Waals surface area contributed by atoms with E-state index >= 15 is 9.59 Å². The molecule has 0 amide bonds. The summed E-state index contributed by atoms with van der Waals surface area (Å²) in [5.41, 5.74) is 19.4. The number of nitrogens with zero attached hydrogens (tertiary/aromatic N) is 3. The Kier molecular flexibility index (Phi) is 4.52. The molecule has 0 radical (unpaired) electrons. The third kappa shape index (κ3) is 2.68. The van der Waals surface area contributed by atoms with E-state index in [-0.39, 0.29) is 46.1 Å². The van der Waals surface area contributed by atoms with E-state index in [0.29, 0.717) is 0 Å². The lowest BCUT2D eigenvalue weighted by Crippen LogP contribution is -2.61. The minimum absolute atomic E-state index is 0.0830. The number of carbonyl (C=O) groups is 2. The number of ketones is 2. The molecule has 11 aromatic rings. The number of hydrogen-bond acceptors (Lipinski definition) is 3. The normalized spacial score (nSPS) is 25.5. The number of fused-ring (bicyclic) bond motifs is 22. The molecule has 17 rings (SSSR count). The van der Waals surface area contributed by atoms with Crippen LogP contribution in [0.4, 0.5) is 0 Å². The molecule has 5 heteroatoms. The fourth-order valence-electron chi connectivity index (χ4n) is 14.6. The number of hydrogen-bond donors (Lipinski definition) is 0. The maximum absolute atomic E-state index is 15.2. The third-order valence-corrected chi connectivity index (χ3v) is 16.5. The molecule has 4 aromatic heterocycles. The summed E-state index contributed by atoms with van der Waals surface area (Å²) in [4.78, 5) is 35.7. The zero-order valence-corrected chi connectivity index (χ0v) is 31.9. The second kappa shape index (κ2) is 9.10. The van der Waals surface area contributed by atoms with E-state index in [9.17, 15) is 0 Å². The molecule has 0 N–H and O–H groups in total. The van der Waals surface area contributed by atoms with Crippen LogP contribution in [0, 0.1) is 0 Å². The number of Topliss-reactive ketones (excluding diaryl/α,β-unsaturated/α-hetero) is 2. The first-order valence-corrected chi connectivity index (χ1v) is 21.2. The van der Waals surface area contributed by atoms with Crippen LogP contribution < -0.4 is 0 Å². The molecule has 7 aromatic carbocycles. The SMILES string of the molecule is O=C1c2cc3c(cc2C2c4ccccc4C24c2ccccc2C14)c1cc2c(nc4ccccn42)c2c4cc5c(cc4n3c12)C(=O)C1c2ccccc2C12c1ccccc1C52. The topological polar surface area (TPSA) is 55.9 Å². The van der Waals surface area contributed by atoms with Gasteiger partial charge in [0.15, 0.2) is 11.6 Å². The van der Waals surface area contributed by atoms with Gasteiger partial charge in [-0.3, -0.25) is 14.0 Å². The highest BCUT2D eigenvalue weighted by Gasteiger charge is 2.70. The molecule has 4 heterocycles. The van der Waals surface area contributed by atoms with E-state index < -0.39 is 0 Å². The molecule has 6 aliphatic carbocycles. The molecule has 0 saturated heterocycles. The molecule has 60 heavy (non-hydrogen) atoms. The smallest absolute Gasteiger partial charge is 0.171 e. The molecule has 5 nitrogen and oxygen atoms in total. The lowest BCUT2D eigenvalue weighted by atomic mass is 9.36. The van der Waals surface area contributed by atoms with Gasteiger partial charge in [0.2, 0.25) is 0 Å². The molecule has 6 atom stereocenters. The number of pyridine rings is 1. The molecule has 0 saturated carbocycles. The van der Waals surface area contributed by atoms with Crippen LogP contribution in [0.1, 0.15) is 100 Å². The van der Waals surface area contributed by atoms with Crippen LogP contribution >= 0.6 is 0 Å². The Labute approximate surface area is 341 Å². The van der Waals surface area contributed by atoms with E-state index in [1.54, 1.807) is 0 Å². The summed E-state index contributed by atoms with van der Waals surface area (Å²) < 4.78 is 4.58. The summed E-state index contributed by atoms with van der Waals surface area (Å²) in [7, 11) is 0. The highest BCUT2D eigenvalue weighted by molar-refractivity contribution is 6.32. The number of carbonyl (C=O) groups excluding carboxylic acids is 2. The van der Waals surface area contributed by atoms with Gasteiger partial charge < -0.3 is 4.40 Å². The Morgan fingerprint density at radius 3 is 1.50 bits per heavy atom. The van der Waals surface area contributed by atoms with Crippen molar-refractivity contribution in [3.8, 4) is 0 Å². The summed E-state index contributed by atoms with van der Waals surface area (Å²) in [6.07, 6.45) is 2.11. The number of imidazole rings is 1. The second-order valence-corrected chi connectivity index (χ2v) is 18.4. The van der Waals surface area contributed by atoms with Crippen molar-refractivity contribution in [2.45, 2.75) is 34.5 Å². The zero-order valence-electron chi connectivity index (χ0n) is 31.9. The molecule has 2 spiro atoms. The highest BCUT2D eigenvalue weighted by Crippen LogP contribution is 2.75. The zero-order chi connectivity index (χ0) is 38.7. The van der Waals surface area contributed by atoms with Crippen molar-refractivity contribution in [2.75, 3.05) is 0 Å². The number of rotatable bonds is 0. The summed E-state index contributed by atoms with van der Waals surface area (Å²) >= 11 is 0. The summed E-state index contributed by atoms with van der Waals surface area (Å²) in [5.74, 6) is 0.170. The third-order valence-electron chi connectivity index (χ3n) is 16.5. The standard InChI is InChI=1S/C55H29N3O2/c59-52-34-24-41-30(21-31(34)46-26-11-1-5-15-37(26)54(46)39-17-7-3-13-28(39)48(52)54)33-23-43-50(56-44-19-9-10-20-57(43)44)45-36-22-32-35(25-42(36)58(41)51(33)45)53(60)49-29-14-4-8-18-40(29)55(49)38-16-6-2-12-27(38)47(32)55/h1-25,46-49H. The van der Waals surface area contributed by atoms with Crippen LogP contribution in [-0.2, 0) is 10.8 Å². The van der Waals surface area contributed by atoms with Crippen LogP contribution in [0.3, 0.4) is 0 Å². The first kappa shape index (κ1) is 29.8. The van der Waals surface area contributed by atoms with E-state index in [0.717, 1.165) is 88.2 Å². The Hall–Kier alpha value is -7.37. The van der Waals surface area contributed by atoms with Crippen molar-refractivity contribution in [1.82, 2.24) is 13.8 Å². The Balaban J connectivity index is 1.02. The highest BCUT2D eigenvalue weighted by atomic mass is 16.1.